The van der Waals surface area contributed by atoms with E-state index in [0.29, 0.717) is 0 Å². The molecule has 0 aliphatic heterocycles. The summed E-state index contributed by atoms with van der Waals surface area (Å²) in [5, 5.41) is 10.2. The molecule has 0 spiro atoms. The summed E-state index contributed by atoms with van der Waals surface area (Å²) in [6.45, 7) is 2.27. The van der Waals surface area contributed by atoms with Crippen LogP contribution in [0.4, 0.5) is 0 Å². The maximum atomic E-state index is 10.2. The van der Waals surface area contributed by atoms with Crippen molar-refractivity contribution < 1.29 is 22.3 Å². The smallest absolute Gasteiger partial charge is 1.00 e. The molecule has 0 aliphatic carbocycles. The predicted octanol–water partition coefficient (Wildman–Crippen LogP) is 1.62. The summed E-state index contributed by atoms with van der Waals surface area (Å²) in [6.07, 6.45) is 19.9. The second-order valence-electron chi connectivity index (χ2n) is 6.07. The molecule has 0 rings (SSSR count). The van der Waals surface area contributed by atoms with Crippen LogP contribution in [-0.2, 0) is 4.79 Å². The van der Waals surface area contributed by atoms with Crippen LogP contribution in [0.5, 0.6) is 0 Å². The molecule has 0 bridgehead atoms. The number of carbonyl (C=O) groups is 1. The molecule has 128 valence electrons. The minimum Gasteiger partial charge on any atom is -1.00 e. The number of rotatable bonds is 16. The minimum absolute atomic E-state index is 0. The van der Waals surface area contributed by atoms with Crippen molar-refractivity contribution in [2.24, 2.45) is 0 Å². The molecule has 0 heterocycles. The predicted molar refractivity (Wildman–Crippen MR) is 90.3 cm³/mol. The standard InChI is InChI=1S/C18H36O2.ClH.Mg/c1-2-3-4-5-6-7-8-9-10-11-12-13-14-15-16-17-18(19)20;;/h2-17H2,1H3,(H,19,20);1H;/q;;+2/p-2. The number of aliphatic carboxylic acids is 1. The van der Waals surface area contributed by atoms with Crippen LogP contribution in [0.15, 0.2) is 0 Å². The minimum atomic E-state index is -0.903. The Bertz CT molecular complexity index is 213. The second kappa shape index (κ2) is 23.8. The Labute approximate surface area is 160 Å². The summed E-state index contributed by atoms with van der Waals surface area (Å²) >= 11 is 0. The van der Waals surface area contributed by atoms with Gasteiger partial charge in [0, 0.05) is 5.97 Å². The summed E-state index contributed by atoms with van der Waals surface area (Å²) in [5.41, 5.74) is 0. The molecule has 0 aromatic rings. The molecule has 2 nitrogen and oxygen atoms in total. The van der Waals surface area contributed by atoms with E-state index in [1.165, 1.54) is 83.5 Å². The Kier molecular flexibility index (Phi) is 29.6. The molecule has 0 atom stereocenters. The van der Waals surface area contributed by atoms with Gasteiger partial charge in [-0.3, -0.25) is 0 Å². The van der Waals surface area contributed by atoms with Gasteiger partial charge in [-0.1, -0.05) is 96.8 Å². The van der Waals surface area contributed by atoms with Gasteiger partial charge in [0.25, 0.3) is 0 Å². The summed E-state index contributed by atoms with van der Waals surface area (Å²) in [4.78, 5) is 10.2. The van der Waals surface area contributed by atoms with Crippen LogP contribution in [0, 0.1) is 0 Å². The van der Waals surface area contributed by atoms with Crippen molar-refractivity contribution >= 4 is 29.0 Å². The zero-order valence-electron chi connectivity index (χ0n) is 14.7. The number of carboxylic acid groups (broad SMARTS) is 1. The zero-order valence-corrected chi connectivity index (χ0v) is 16.9. The average molecular weight is 343 g/mol. The fourth-order valence-electron chi connectivity index (χ4n) is 2.64. The SMILES string of the molecule is CCCCCCCCCCCCCCCCCC(=O)[O-].[Cl-].[Mg+2]. The van der Waals surface area contributed by atoms with Crippen molar-refractivity contribution in [3.8, 4) is 0 Å². The van der Waals surface area contributed by atoms with Crippen LogP contribution in [0.2, 0.25) is 0 Å². The Morgan fingerprint density at radius 1 is 0.636 bits per heavy atom. The summed E-state index contributed by atoms with van der Waals surface area (Å²) in [7, 11) is 0. The molecule has 0 unspecified atom stereocenters. The Morgan fingerprint density at radius 2 is 0.909 bits per heavy atom. The van der Waals surface area contributed by atoms with Crippen molar-refractivity contribution in [2.45, 2.75) is 110 Å². The van der Waals surface area contributed by atoms with Crippen LogP contribution in [0.1, 0.15) is 110 Å². The second-order valence-corrected chi connectivity index (χ2v) is 6.07. The van der Waals surface area contributed by atoms with Crippen molar-refractivity contribution in [2.75, 3.05) is 0 Å². The van der Waals surface area contributed by atoms with Crippen LogP contribution in [-0.4, -0.2) is 29.0 Å². The molecule has 0 amide bonds. The molecule has 0 saturated heterocycles. The number of halogens is 1. The number of unbranched alkanes of at least 4 members (excludes halogenated alkanes) is 14. The first-order valence-corrected chi connectivity index (χ1v) is 8.97. The third-order valence-electron chi connectivity index (χ3n) is 3.98. The topological polar surface area (TPSA) is 40.1 Å². The Hall–Kier alpha value is 0.526. The number of carboxylic acids is 1. The van der Waals surface area contributed by atoms with Crippen LogP contribution >= 0.6 is 0 Å². The van der Waals surface area contributed by atoms with E-state index in [9.17, 15) is 9.90 Å². The molecular weight excluding hydrogens is 308 g/mol. The first-order chi connectivity index (χ1) is 9.77. The maximum absolute atomic E-state index is 10.2. The van der Waals surface area contributed by atoms with E-state index in [4.69, 9.17) is 0 Å². The molecule has 0 saturated carbocycles. The van der Waals surface area contributed by atoms with Gasteiger partial charge in [0.1, 0.15) is 0 Å². The zero-order chi connectivity index (χ0) is 14.9. The molecule has 0 aromatic carbocycles. The van der Waals surface area contributed by atoms with E-state index < -0.39 is 5.97 Å². The van der Waals surface area contributed by atoms with Crippen molar-refractivity contribution in [1.29, 1.82) is 0 Å². The largest absolute Gasteiger partial charge is 2.00 e. The molecule has 0 fully saturated rings. The van der Waals surface area contributed by atoms with Gasteiger partial charge in [-0.05, 0) is 12.8 Å². The van der Waals surface area contributed by atoms with Gasteiger partial charge in [-0.25, -0.2) is 0 Å². The van der Waals surface area contributed by atoms with E-state index in [0.717, 1.165) is 12.8 Å². The molecular formula is C18H35ClMgO2. The van der Waals surface area contributed by atoms with E-state index in [1.54, 1.807) is 0 Å². The Balaban J connectivity index is -0.00000180. The number of hydrogen-bond donors (Lipinski definition) is 0. The molecule has 0 N–H and O–H groups in total. The summed E-state index contributed by atoms with van der Waals surface area (Å²) < 4.78 is 0. The summed E-state index contributed by atoms with van der Waals surface area (Å²) in [5.74, 6) is -0.903. The first-order valence-electron chi connectivity index (χ1n) is 8.97. The van der Waals surface area contributed by atoms with Gasteiger partial charge in [-0.15, -0.1) is 0 Å². The maximum Gasteiger partial charge on any atom is 2.00 e. The monoisotopic (exact) mass is 342 g/mol. The molecule has 4 heteroatoms. The van der Waals surface area contributed by atoms with Crippen LogP contribution < -0.4 is 17.5 Å². The third-order valence-corrected chi connectivity index (χ3v) is 3.98. The van der Waals surface area contributed by atoms with Gasteiger partial charge in [0.2, 0.25) is 0 Å². The van der Waals surface area contributed by atoms with Gasteiger partial charge in [0.05, 0.1) is 0 Å². The van der Waals surface area contributed by atoms with Gasteiger partial charge >= 0.3 is 23.1 Å². The van der Waals surface area contributed by atoms with E-state index >= 15 is 0 Å². The number of carbonyl (C=O) groups excluding carboxylic acids is 1. The molecule has 0 aromatic heterocycles. The summed E-state index contributed by atoms with van der Waals surface area (Å²) in [6, 6.07) is 0. The van der Waals surface area contributed by atoms with Crippen molar-refractivity contribution in [3.63, 3.8) is 0 Å². The quantitative estimate of drug-likeness (QED) is 0.316. The van der Waals surface area contributed by atoms with Crippen LogP contribution in [0.3, 0.4) is 0 Å². The fraction of sp³-hybridized carbons (Fsp3) is 0.944. The van der Waals surface area contributed by atoms with E-state index in [1.807, 2.05) is 0 Å². The van der Waals surface area contributed by atoms with Gasteiger partial charge in [-0.2, -0.15) is 0 Å². The van der Waals surface area contributed by atoms with Crippen molar-refractivity contribution in [3.05, 3.63) is 0 Å². The van der Waals surface area contributed by atoms with E-state index in [2.05, 4.69) is 6.92 Å². The van der Waals surface area contributed by atoms with Crippen molar-refractivity contribution in [1.82, 2.24) is 0 Å². The number of hydrogen-bond acceptors (Lipinski definition) is 2. The third kappa shape index (κ3) is 25.5. The average Bonchev–Trinajstić information content (AvgIpc) is 2.43. The first kappa shape index (κ1) is 27.4. The van der Waals surface area contributed by atoms with Gasteiger partial charge in [0.15, 0.2) is 0 Å². The Morgan fingerprint density at radius 3 is 1.18 bits per heavy atom. The van der Waals surface area contributed by atoms with Gasteiger partial charge < -0.3 is 22.3 Å². The van der Waals surface area contributed by atoms with Crippen LogP contribution in [0.25, 0.3) is 0 Å². The van der Waals surface area contributed by atoms with E-state index in [-0.39, 0.29) is 41.9 Å². The fourth-order valence-corrected chi connectivity index (χ4v) is 2.64. The molecule has 0 aliphatic rings. The normalized spacial score (nSPS) is 9.86. The molecule has 0 radical (unpaired) electrons. The molecule has 22 heavy (non-hydrogen) atoms.